The van der Waals surface area contributed by atoms with Gasteiger partial charge in [-0.2, -0.15) is 0 Å². The van der Waals surface area contributed by atoms with Crippen LogP contribution in [0.4, 0.5) is 0 Å². The van der Waals surface area contributed by atoms with Crippen molar-refractivity contribution in [2.75, 3.05) is 0 Å². The van der Waals surface area contributed by atoms with Crippen LogP contribution in [0.2, 0.25) is 0 Å². The molecule has 5 rings (SSSR count). The van der Waals surface area contributed by atoms with E-state index in [1.54, 1.807) is 12.3 Å². The Morgan fingerprint density at radius 2 is 1.39 bits per heavy atom. The van der Waals surface area contributed by atoms with Gasteiger partial charge in [0.15, 0.2) is 11.5 Å². The van der Waals surface area contributed by atoms with E-state index in [4.69, 9.17) is 4.98 Å². The molecule has 0 bridgehead atoms. The van der Waals surface area contributed by atoms with E-state index in [2.05, 4.69) is 29.2 Å². The topological polar surface area (TPSA) is 50.9 Å². The van der Waals surface area contributed by atoms with E-state index in [-0.39, 0.29) is 5.75 Å². The molecule has 3 aromatic carbocycles. The number of rotatable bonds is 3. The number of aromatic hydroxyl groups is 1. The molecule has 134 valence electrons. The molecule has 0 spiro atoms. The second-order valence-corrected chi connectivity index (χ2v) is 6.52. The number of benzene rings is 3. The van der Waals surface area contributed by atoms with Crippen molar-refractivity contribution in [2.45, 2.75) is 0 Å². The van der Waals surface area contributed by atoms with Crippen molar-refractivity contribution < 1.29 is 5.11 Å². The highest BCUT2D eigenvalue weighted by Gasteiger charge is 2.19. The third-order valence-electron chi connectivity index (χ3n) is 4.79. The van der Waals surface area contributed by atoms with Crippen LogP contribution in [0.15, 0.2) is 97.2 Å². The Morgan fingerprint density at radius 3 is 2.21 bits per heavy atom. The van der Waals surface area contributed by atoms with Gasteiger partial charge >= 0.3 is 0 Å². The monoisotopic (exact) mass is 363 g/mol. The molecule has 28 heavy (non-hydrogen) atoms. The Kier molecular flexibility index (Phi) is 3.87. The second kappa shape index (κ2) is 6.67. The van der Waals surface area contributed by atoms with Crippen molar-refractivity contribution in [1.82, 2.24) is 14.5 Å². The quantitative estimate of drug-likeness (QED) is 0.463. The van der Waals surface area contributed by atoms with Crippen LogP contribution < -0.4 is 0 Å². The van der Waals surface area contributed by atoms with Gasteiger partial charge < -0.3 is 5.11 Å². The third kappa shape index (κ3) is 2.63. The van der Waals surface area contributed by atoms with Crippen molar-refractivity contribution >= 4 is 11.2 Å². The highest BCUT2D eigenvalue weighted by atomic mass is 16.3. The molecular weight excluding hydrogens is 346 g/mol. The van der Waals surface area contributed by atoms with Crippen LogP contribution in [-0.2, 0) is 0 Å². The minimum Gasteiger partial charge on any atom is -0.507 e. The van der Waals surface area contributed by atoms with Crippen LogP contribution in [0.1, 0.15) is 0 Å². The van der Waals surface area contributed by atoms with E-state index in [0.29, 0.717) is 11.4 Å². The van der Waals surface area contributed by atoms with Crippen molar-refractivity contribution in [1.29, 1.82) is 0 Å². The Balaban J connectivity index is 1.86. The summed E-state index contributed by atoms with van der Waals surface area (Å²) in [6.45, 7) is 0. The van der Waals surface area contributed by atoms with E-state index in [1.165, 1.54) is 0 Å². The number of phenols is 1. The zero-order valence-electron chi connectivity index (χ0n) is 15.0. The maximum Gasteiger partial charge on any atom is 0.164 e. The predicted octanol–water partition coefficient (Wildman–Crippen LogP) is 5.46. The summed E-state index contributed by atoms with van der Waals surface area (Å²) in [4.78, 5) is 9.38. The zero-order chi connectivity index (χ0) is 18.9. The van der Waals surface area contributed by atoms with Gasteiger partial charge in [-0.1, -0.05) is 60.7 Å². The maximum atomic E-state index is 10.5. The number of hydrogen-bond acceptors (Lipinski definition) is 3. The lowest BCUT2D eigenvalue weighted by Crippen LogP contribution is -2.01. The summed E-state index contributed by atoms with van der Waals surface area (Å²) in [5.74, 6) is 0.853. The van der Waals surface area contributed by atoms with Gasteiger partial charge in [0.05, 0.1) is 11.3 Å². The van der Waals surface area contributed by atoms with Gasteiger partial charge in [0.2, 0.25) is 0 Å². The summed E-state index contributed by atoms with van der Waals surface area (Å²) in [5, 5.41) is 10.5. The summed E-state index contributed by atoms with van der Waals surface area (Å²) in [6.07, 6.45) is 1.76. The molecule has 0 saturated carbocycles. The lowest BCUT2D eigenvalue weighted by molar-refractivity contribution is 0.477. The summed E-state index contributed by atoms with van der Waals surface area (Å²) < 4.78 is 2.02. The largest absolute Gasteiger partial charge is 0.507 e. The molecule has 0 unspecified atom stereocenters. The first-order valence-corrected chi connectivity index (χ1v) is 9.09. The van der Waals surface area contributed by atoms with Crippen molar-refractivity contribution in [2.24, 2.45) is 0 Å². The highest BCUT2D eigenvalue weighted by molar-refractivity contribution is 5.85. The molecule has 1 N–H and O–H groups in total. The molecule has 0 amide bonds. The summed E-state index contributed by atoms with van der Waals surface area (Å²) in [7, 11) is 0. The highest BCUT2D eigenvalue weighted by Crippen LogP contribution is 2.36. The molecule has 4 nitrogen and oxygen atoms in total. The number of nitrogens with zero attached hydrogens (tertiary/aromatic N) is 3. The van der Waals surface area contributed by atoms with Gasteiger partial charge in [0.1, 0.15) is 11.3 Å². The molecule has 0 aliphatic rings. The molecule has 2 heterocycles. The van der Waals surface area contributed by atoms with E-state index < -0.39 is 0 Å². The molecule has 0 radical (unpaired) electrons. The van der Waals surface area contributed by atoms with Crippen LogP contribution >= 0.6 is 0 Å². The Bertz CT molecular complexity index is 1280. The van der Waals surface area contributed by atoms with E-state index in [1.807, 2.05) is 65.2 Å². The Hall–Kier alpha value is -3.92. The number of hydrogen-bond donors (Lipinski definition) is 1. The lowest BCUT2D eigenvalue weighted by Gasteiger charge is -2.14. The van der Waals surface area contributed by atoms with Gasteiger partial charge in [-0.15, -0.1) is 0 Å². The van der Waals surface area contributed by atoms with E-state index >= 15 is 0 Å². The minimum absolute atomic E-state index is 0.191. The van der Waals surface area contributed by atoms with Crippen molar-refractivity contribution in [3.05, 3.63) is 97.2 Å². The zero-order valence-corrected chi connectivity index (χ0v) is 15.0. The fourth-order valence-corrected chi connectivity index (χ4v) is 3.51. The molecule has 4 heteroatoms. The average molecular weight is 363 g/mol. The Morgan fingerprint density at radius 1 is 0.679 bits per heavy atom. The lowest BCUT2D eigenvalue weighted by atomic mass is 10.0. The molecule has 0 aliphatic heterocycles. The van der Waals surface area contributed by atoms with Crippen LogP contribution in [0.5, 0.6) is 5.75 Å². The number of aromatic nitrogens is 3. The van der Waals surface area contributed by atoms with Gasteiger partial charge in [0.25, 0.3) is 0 Å². The van der Waals surface area contributed by atoms with Gasteiger partial charge in [-0.3, -0.25) is 4.57 Å². The predicted molar refractivity (Wildman–Crippen MR) is 111 cm³/mol. The molecule has 0 saturated heterocycles. The summed E-state index contributed by atoms with van der Waals surface area (Å²) in [6, 6.07) is 29.5. The number of phenolic OH excluding ortho intramolecular Hbond substituents is 1. The standard InChI is InChI=1S/C24H17N3O/c28-22-15-7-5-12-19(22)23-26-20-13-8-16-25-24(20)27(23)21-14-6-4-11-18(21)17-9-2-1-3-10-17/h1-16,28H. The molecule has 2 aromatic heterocycles. The van der Waals surface area contributed by atoms with Gasteiger partial charge in [-0.05, 0) is 35.9 Å². The second-order valence-electron chi connectivity index (χ2n) is 6.52. The maximum absolute atomic E-state index is 10.5. The first kappa shape index (κ1) is 16.3. The average Bonchev–Trinajstić information content (AvgIpc) is 3.14. The van der Waals surface area contributed by atoms with Gasteiger partial charge in [-0.25, -0.2) is 9.97 Å². The first-order chi connectivity index (χ1) is 13.8. The normalized spacial score (nSPS) is 11.0. The van der Waals surface area contributed by atoms with Crippen LogP contribution in [-0.4, -0.2) is 19.6 Å². The molecular formula is C24H17N3O. The van der Waals surface area contributed by atoms with Crippen LogP contribution in [0.3, 0.4) is 0 Å². The van der Waals surface area contributed by atoms with E-state index in [9.17, 15) is 5.11 Å². The molecule has 5 aromatic rings. The molecule has 0 atom stereocenters. The SMILES string of the molecule is Oc1ccccc1-c1nc2cccnc2n1-c1ccccc1-c1ccccc1. The number of pyridine rings is 1. The summed E-state index contributed by atoms with van der Waals surface area (Å²) >= 11 is 0. The molecule has 0 aliphatic carbocycles. The van der Waals surface area contributed by atoms with Crippen molar-refractivity contribution in [3.8, 4) is 34.0 Å². The number of imidazole rings is 1. The van der Waals surface area contributed by atoms with Crippen molar-refractivity contribution in [3.63, 3.8) is 0 Å². The summed E-state index contributed by atoms with van der Waals surface area (Å²) in [5.41, 5.74) is 5.35. The number of para-hydroxylation sites is 2. The fraction of sp³-hybridized carbons (Fsp3) is 0. The van der Waals surface area contributed by atoms with Gasteiger partial charge in [0, 0.05) is 11.8 Å². The number of fused-ring (bicyclic) bond motifs is 1. The molecule has 0 fully saturated rings. The van der Waals surface area contributed by atoms with Crippen LogP contribution in [0, 0.1) is 0 Å². The minimum atomic E-state index is 0.191. The first-order valence-electron chi connectivity index (χ1n) is 9.09. The van der Waals surface area contributed by atoms with E-state index in [0.717, 1.165) is 28.0 Å². The fourth-order valence-electron chi connectivity index (χ4n) is 3.51. The Labute approximate surface area is 162 Å². The third-order valence-corrected chi connectivity index (χ3v) is 4.79. The van der Waals surface area contributed by atoms with Crippen LogP contribution in [0.25, 0.3) is 39.4 Å². The smallest absolute Gasteiger partial charge is 0.164 e.